The molecule has 1 atom stereocenters. The number of hydrogen-bond donors (Lipinski definition) is 1. The summed E-state index contributed by atoms with van der Waals surface area (Å²) in [5.41, 5.74) is -0.264. The highest BCUT2D eigenvalue weighted by molar-refractivity contribution is 5.89. The van der Waals surface area contributed by atoms with Crippen LogP contribution in [0, 0.1) is 0 Å². The molecule has 7 nitrogen and oxygen atoms in total. The van der Waals surface area contributed by atoms with Crippen LogP contribution < -0.4 is 10.2 Å². The van der Waals surface area contributed by atoms with Crippen LogP contribution in [0.3, 0.4) is 0 Å². The van der Waals surface area contributed by atoms with Crippen molar-refractivity contribution in [3.8, 4) is 0 Å². The zero-order valence-corrected chi connectivity index (χ0v) is 15.0. The Kier molecular flexibility index (Phi) is 5.76. The standard InChI is InChI=1S/C18H20F3N3O4/c19-18(20,21)12-2-1-3-13(10-12)23-6-8-24(9-7-23)16(26)11-28-17(27)14-4-5-15(25)22-14/h1-3,10,14H,4-9,11H2,(H,22,25)/t14-/m1/s1. The summed E-state index contributed by atoms with van der Waals surface area (Å²) in [7, 11) is 0. The van der Waals surface area contributed by atoms with E-state index in [1.807, 2.05) is 0 Å². The second-order valence-electron chi connectivity index (χ2n) is 6.68. The van der Waals surface area contributed by atoms with Crippen molar-refractivity contribution in [1.82, 2.24) is 10.2 Å². The smallest absolute Gasteiger partial charge is 0.416 e. The highest BCUT2D eigenvalue weighted by atomic mass is 19.4. The van der Waals surface area contributed by atoms with Gasteiger partial charge in [-0.2, -0.15) is 13.2 Å². The van der Waals surface area contributed by atoms with Crippen molar-refractivity contribution in [3.63, 3.8) is 0 Å². The van der Waals surface area contributed by atoms with Gasteiger partial charge in [0.05, 0.1) is 5.56 Å². The van der Waals surface area contributed by atoms with E-state index in [0.29, 0.717) is 38.3 Å². The maximum absolute atomic E-state index is 12.9. The monoisotopic (exact) mass is 399 g/mol. The topological polar surface area (TPSA) is 79.0 Å². The largest absolute Gasteiger partial charge is 0.454 e. The Morgan fingerprint density at radius 3 is 2.50 bits per heavy atom. The van der Waals surface area contributed by atoms with Gasteiger partial charge in [-0.05, 0) is 24.6 Å². The van der Waals surface area contributed by atoms with Gasteiger partial charge < -0.3 is 19.9 Å². The van der Waals surface area contributed by atoms with E-state index in [4.69, 9.17) is 4.74 Å². The third kappa shape index (κ3) is 4.73. The summed E-state index contributed by atoms with van der Waals surface area (Å²) in [6.07, 6.45) is -3.80. The lowest BCUT2D eigenvalue weighted by atomic mass is 10.1. The van der Waals surface area contributed by atoms with Crippen LogP contribution in [0.25, 0.3) is 0 Å². The molecule has 2 saturated heterocycles. The Labute approximate surface area is 159 Å². The molecule has 0 aromatic heterocycles. The van der Waals surface area contributed by atoms with Crippen LogP contribution >= 0.6 is 0 Å². The quantitative estimate of drug-likeness (QED) is 0.770. The fourth-order valence-corrected chi connectivity index (χ4v) is 3.21. The number of alkyl halides is 3. The molecular weight excluding hydrogens is 379 g/mol. The van der Waals surface area contributed by atoms with Gasteiger partial charge in [0.2, 0.25) is 5.91 Å². The Bertz CT molecular complexity index is 761. The minimum atomic E-state index is -4.41. The number of esters is 1. The second-order valence-corrected chi connectivity index (χ2v) is 6.68. The number of rotatable bonds is 4. The Balaban J connectivity index is 1.48. The number of carbonyl (C=O) groups is 3. The SMILES string of the molecule is O=C1CC[C@H](C(=O)OCC(=O)N2CCN(c3cccc(C(F)(F)F)c3)CC2)N1. The van der Waals surface area contributed by atoms with Gasteiger partial charge in [0, 0.05) is 38.3 Å². The van der Waals surface area contributed by atoms with E-state index in [9.17, 15) is 27.6 Å². The lowest BCUT2D eigenvalue weighted by molar-refractivity contribution is -0.153. The summed E-state index contributed by atoms with van der Waals surface area (Å²) >= 11 is 0. The number of halogens is 3. The molecule has 0 spiro atoms. The van der Waals surface area contributed by atoms with Gasteiger partial charge in [-0.25, -0.2) is 4.79 Å². The number of carbonyl (C=O) groups excluding carboxylic acids is 3. The number of benzene rings is 1. The predicted octanol–water partition coefficient (Wildman–Crippen LogP) is 1.18. The molecule has 1 aromatic rings. The van der Waals surface area contributed by atoms with Crippen LogP contribution in [0.1, 0.15) is 18.4 Å². The molecule has 28 heavy (non-hydrogen) atoms. The molecule has 0 saturated carbocycles. The normalized spacial score (nSPS) is 20.1. The number of nitrogens with zero attached hydrogens (tertiary/aromatic N) is 2. The van der Waals surface area contributed by atoms with Gasteiger partial charge in [-0.3, -0.25) is 9.59 Å². The minimum absolute atomic E-state index is 0.223. The van der Waals surface area contributed by atoms with Crippen molar-refractivity contribution in [1.29, 1.82) is 0 Å². The van der Waals surface area contributed by atoms with Crippen molar-refractivity contribution >= 4 is 23.5 Å². The molecule has 1 aromatic carbocycles. The Hall–Kier alpha value is -2.78. The van der Waals surface area contributed by atoms with E-state index in [2.05, 4.69) is 5.32 Å². The van der Waals surface area contributed by atoms with Crippen molar-refractivity contribution in [3.05, 3.63) is 29.8 Å². The first-order valence-corrected chi connectivity index (χ1v) is 8.90. The summed E-state index contributed by atoms with van der Waals surface area (Å²) in [5.74, 6) is -1.23. The summed E-state index contributed by atoms with van der Waals surface area (Å²) in [6.45, 7) is 0.952. The molecule has 3 rings (SSSR count). The van der Waals surface area contributed by atoms with Crippen molar-refractivity contribution in [2.24, 2.45) is 0 Å². The Morgan fingerprint density at radius 2 is 1.89 bits per heavy atom. The average molecular weight is 399 g/mol. The molecule has 0 bridgehead atoms. The van der Waals surface area contributed by atoms with Gasteiger partial charge >= 0.3 is 12.1 Å². The predicted molar refractivity (Wildman–Crippen MR) is 92.4 cm³/mol. The number of hydrogen-bond acceptors (Lipinski definition) is 5. The zero-order valence-electron chi connectivity index (χ0n) is 15.0. The molecule has 2 aliphatic heterocycles. The van der Waals surface area contributed by atoms with Crippen molar-refractivity contribution < 1.29 is 32.3 Å². The Morgan fingerprint density at radius 1 is 1.18 bits per heavy atom. The molecule has 2 fully saturated rings. The van der Waals surface area contributed by atoms with Crippen LogP contribution in [0.2, 0.25) is 0 Å². The van der Waals surface area contributed by atoms with Crippen LogP contribution in [-0.4, -0.2) is 61.5 Å². The molecule has 1 N–H and O–H groups in total. The van der Waals surface area contributed by atoms with E-state index >= 15 is 0 Å². The third-order valence-corrected chi connectivity index (χ3v) is 4.79. The third-order valence-electron chi connectivity index (χ3n) is 4.79. The van der Waals surface area contributed by atoms with E-state index in [1.165, 1.54) is 11.0 Å². The molecule has 152 valence electrons. The summed E-state index contributed by atoms with van der Waals surface area (Å²) < 4.78 is 43.5. The highest BCUT2D eigenvalue weighted by Crippen LogP contribution is 2.31. The fourth-order valence-electron chi connectivity index (χ4n) is 3.21. The highest BCUT2D eigenvalue weighted by Gasteiger charge is 2.32. The van der Waals surface area contributed by atoms with Gasteiger partial charge in [-0.15, -0.1) is 0 Å². The van der Waals surface area contributed by atoms with Gasteiger partial charge in [-0.1, -0.05) is 6.07 Å². The van der Waals surface area contributed by atoms with E-state index in [-0.39, 0.29) is 18.2 Å². The zero-order chi connectivity index (χ0) is 20.3. The lowest BCUT2D eigenvalue weighted by Gasteiger charge is -2.36. The van der Waals surface area contributed by atoms with Crippen molar-refractivity contribution in [2.45, 2.75) is 25.1 Å². The molecule has 10 heteroatoms. The van der Waals surface area contributed by atoms with Gasteiger partial charge in [0.25, 0.3) is 5.91 Å². The molecule has 2 aliphatic rings. The second kappa shape index (κ2) is 8.07. The van der Waals surface area contributed by atoms with Crippen LogP contribution in [-0.2, 0) is 25.3 Å². The average Bonchev–Trinajstić information content (AvgIpc) is 3.12. The van der Waals surface area contributed by atoms with Crippen LogP contribution in [0.4, 0.5) is 18.9 Å². The maximum Gasteiger partial charge on any atom is 0.416 e. The first-order valence-electron chi connectivity index (χ1n) is 8.90. The lowest BCUT2D eigenvalue weighted by Crippen LogP contribution is -2.50. The number of anilines is 1. The number of piperazine rings is 1. The number of nitrogens with one attached hydrogen (secondary N) is 1. The van der Waals surface area contributed by atoms with E-state index in [1.54, 1.807) is 11.0 Å². The van der Waals surface area contributed by atoms with Crippen LogP contribution in [0.5, 0.6) is 0 Å². The molecule has 2 heterocycles. The van der Waals surface area contributed by atoms with Gasteiger partial charge in [0.1, 0.15) is 6.04 Å². The first-order chi connectivity index (χ1) is 13.2. The van der Waals surface area contributed by atoms with E-state index < -0.39 is 30.4 Å². The van der Waals surface area contributed by atoms with E-state index in [0.717, 1.165) is 12.1 Å². The number of amides is 2. The summed E-state index contributed by atoms with van der Waals surface area (Å²) in [4.78, 5) is 38.4. The molecule has 0 radical (unpaired) electrons. The summed E-state index contributed by atoms with van der Waals surface area (Å²) in [5, 5.41) is 2.47. The molecule has 0 aliphatic carbocycles. The van der Waals surface area contributed by atoms with Crippen molar-refractivity contribution in [2.75, 3.05) is 37.7 Å². The maximum atomic E-state index is 12.9. The summed E-state index contributed by atoms with van der Waals surface area (Å²) in [6, 6.07) is 4.36. The molecular formula is C18H20F3N3O4. The minimum Gasteiger partial charge on any atom is -0.454 e. The molecule has 2 amide bonds. The van der Waals surface area contributed by atoms with Crippen LogP contribution in [0.15, 0.2) is 24.3 Å². The molecule has 0 unspecified atom stereocenters. The fraction of sp³-hybridized carbons (Fsp3) is 0.500. The first kappa shape index (κ1) is 20.0. The number of ether oxygens (including phenoxy) is 1. The van der Waals surface area contributed by atoms with Gasteiger partial charge in [0.15, 0.2) is 6.61 Å².